The largest absolute Gasteiger partial charge is 0.497 e. The van der Waals surface area contributed by atoms with Gasteiger partial charge in [0, 0.05) is 17.9 Å². The first kappa shape index (κ1) is 25.0. The van der Waals surface area contributed by atoms with Gasteiger partial charge in [-0.2, -0.15) is 0 Å². The number of benzene rings is 2. The van der Waals surface area contributed by atoms with Crippen molar-refractivity contribution in [3.05, 3.63) is 65.7 Å². The maximum absolute atomic E-state index is 13.2. The average Bonchev–Trinajstić information content (AvgIpc) is 3.23. The van der Waals surface area contributed by atoms with E-state index in [1.165, 1.54) is 28.4 Å². The molecule has 1 aliphatic carbocycles. The van der Waals surface area contributed by atoms with E-state index >= 15 is 0 Å². The predicted molar refractivity (Wildman–Crippen MR) is 121 cm³/mol. The van der Waals surface area contributed by atoms with Gasteiger partial charge >= 0.3 is 17.9 Å². The van der Waals surface area contributed by atoms with Gasteiger partial charge in [-0.3, -0.25) is 19.2 Å². The molecule has 0 N–H and O–H groups in total. The van der Waals surface area contributed by atoms with Crippen LogP contribution in [0.25, 0.3) is 0 Å². The van der Waals surface area contributed by atoms with Crippen LogP contribution in [0, 0.1) is 17.3 Å². The lowest BCUT2D eigenvalue weighted by Gasteiger charge is -2.32. The molecule has 0 saturated heterocycles. The maximum Gasteiger partial charge on any atom is 0.323 e. The van der Waals surface area contributed by atoms with E-state index in [4.69, 9.17) is 18.9 Å². The molecular weight excluding hydrogens is 440 g/mol. The van der Waals surface area contributed by atoms with Crippen molar-refractivity contribution < 1.29 is 38.1 Å². The zero-order chi connectivity index (χ0) is 24.9. The number of hydrogen-bond acceptors (Lipinski definition) is 8. The molecule has 0 bridgehead atoms. The van der Waals surface area contributed by atoms with Crippen LogP contribution in [0.2, 0.25) is 0 Å². The molecule has 0 unspecified atom stereocenters. The zero-order valence-corrected chi connectivity index (χ0v) is 19.6. The first-order chi connectivity index (χ1) is 16.3. The summed E-state index contributed by atoms with van der Waals surface area (Å²) in [6, 6.07) is 15.3. The van der Waals surface area contributed by atoms with Crippen molar-refractivity contribution in [1.29, 1.82) is 0 Å². The van der Waals surface area contributed by atoms with Crippen LogP contribution >= 0.6 is 0 Å². The summed E-state index contributed by atoms with van der Waals surface area (Å²) in [5.41, 5.74) is -0.809. The van der Waals surface area contributed by atoms with Gasteiger partial charge in [0.2, 0.25) is 0 Å². The molecule has 180 valence electrons. The van der Waals surface area contributed by atoms with E-state index in [-0.39, 0.29) is 18.6 Å². The van der Waals surface area contributed by atoms with Crippen molar-refractivity contribution in [3.63, 3.8) is 0 Å². The Bertz CT molecular complexity index is 1030. The standard InChI is InChI=1S/C26H28O8/c1-31-19-12-10-16(11-13-19)20(27)14-18-15-26(24(29)33-3,25(30)34-4)22(21(18)23(28)32-2)17-8-6-5-7-9-17/h5-13,18,21-22H,14-15H2,1-4H3/t18-,21-,22+/m1/s1. The highest BCUT2D eigenvalue weighted by atomic mass is 16.5. The minimum atomic E-state index is -1.81. The molecule has 1 fully saturated rings. The van der Waals surface area contributed by atoms with Crippen molar-refractivity contribution in [2.24, 2.45) is 17.3 Å². The molecule has 2 aromatic rings. The highest BCUT2D eigenvalue weighted by Crippen LogP contribution is 2.58. The summed E-state index contributed by atoms with van der Waals surface area (Å²) in [4.78, 5) is 52.6. The lowest BCUT2D eigenvalue weighted by atomic mass is 9.71. The van der Waals surface area contributed by atoms with Gasteiger partial charge in [-0.05, 0) is 42.2 Å². The molecule has 3 rings (SSSR count). The van der Waals surface area contributed by atoms with E-state index in [2.05, 4.69) is 0 Å². The molecule has 2 aromatic carbocycles. The van der Waals surface area contributed by atoms with E-state index in [9.17, 15) is 19.2 Å². The molecule has 1 saturated carbocycles. The van der Waals surface area contributed by atoms with Gasteiger partial charge in [-0.1, -0.05) is 30.3 Å². The van der Waals surface area contributed by atoms with Crippen LogP contribution in [-0.4, -0.2) is 52.1 Å². The normalized spacial score (nSPS) is 20.8. The lowest BCUT2D eigenvalue weighted by molar-refractivity contribution is -0.170. The van der Waals surface area contributed by atoms with Crippen LogP contribution in [0.5, 0.6) is 5.75 Å². The third-order valence-electron chi connectivity index (χ3n) is 6.57. The second-order valence-electron chi connectivity index (χ2n) is 8.21. The fourth-order valence-corrected chi connectivity index (χ4v) is 5.06. The number of esters is 3. The Morgan fingerprint density at radius 2 is 1.41 bits per heavy atom. The van der Waals surface area contributed by atoms with Crippen LogP contribution in [0.15, 0.2) is 54.6 Å². The smallest absolute Gasteiger partial charge is 0.323 e. The van der Waals surface area contributed by atoms with Crippen LogP contribution < -0.4 is 4.74 Å². The number of carbonyl (C=O) groups is 4. The summed E-state index contributed by atoms with van der Waals surface area (Å²) in [5, 5.41) is 0. The number of hydrogen-bond donors (Lipinski definition) is 0. The summed E-state index contributed by atoms with van der Waals surface area (Å²) in [5.74, 6) is -4.45. The maximum atomic E-state index is 13.2. The molecule has 0 aliphatic heterocycles. The SMILES string of the molecule is COC(=O)[C@@H]1[C@H](CC(=O)c2ccc(OC)cc2)CC(C(=O)OC)(C(=O)OC)[C@H]1c1ccccc1. The second-order valence-corrected chi connectivity index (χ2v) is 8.21. The predicted octanol–water partition coefficient (Wildman–Crippen LogP) is 3.19. The molecule has 1 aliphatic rings. The number of carbonyl (C=O) groups excluding carboxylic acids is 4. The van der Waals surface area contributed by atoms with Crippen molar-refractivity contribution >= 4 is 23.7 Å². The Morgan fingerprint density at radius 1 is 0.824 bits per heavy atom. The molecule has 34 heavy (non-hydrogen) atoms. The van der Waals surface area contributed by atoms with Crippen LogP contribution in [0.3, 0.4) is 0 Å². The Balaban J connectivity index is 2.11. The summed E-state index contributed by atoms with van der Waals surface area (Å²) < 4.78 is 20.3. The van der Waals surface area contributed by atoms with Crippen LogP contribution in [0.4, 0.5) is 0 Å². The van der Waals surface area contributed by atoms with Crippen molar-refractivity contribution in [1.82, 2.24) is 0 Å². The minimum Gasteiger partial charge on any atom is -0.497 e. The number of Topliss-reactive ketones (excluding diaryl/α,β-unsaturated/α-hetero) is 1. The summed E-state index contributed by atoms with van der Waals surface area (Å²) in [6.45, 7) is 0. The quantitative estimate of drug-likeness (QED) is 0.252. The molecule has 8 heteroatoms. The number of rotatable bonds is 8. The van der Waals surface area contributed by atoms with E-state index in [1.807, 2.05) is 0 Å². The fraction of sp³-hybridized carbons (Fsp3) is 0.385. The minimum absolute atomic E-state index is 0.0782. The number of ketones is 1. The molecule has 0 radical (unpaired) electrons. The highest BCUT2D eigenvalue weighted by molar-refractivity contribution is 6.03. The van der Waals surface area contributed by atoms with Gasteiger partial charge in [0.05, 0.1) is 34.4 Å². The second kappa shape index (κ2) is 10.5. The Labute approximate surface area is 198 Å². The topological polar surface area (TPSA) is 105 Å². The first-order valence-corrected chi connectivity index (χ1v) is 10.8. The Kier molecular flexibility index (Phi) is 7.71. The lowest BCUT2D eigenvalue weighted by Crippen LogP contribution is -2.45. The van der Waals surface area contributed by atoms with Gasteiger partial charge in [-0.25, -0.2) is 0 Å². The van der Waals surface area contributed by atoms with Gasteiger partial charge < -0.3 is 18.9 Å². The fourth-order valence-electron chi connectivity index (χ4n) is 5.06. The molecule has 0 amide bonds. The van der Waals surface area contributed by atoms with E-state index in [1.54, 1.807) is 54.6 Å². The van der Waals surface area contributed by atoms with Crippen molar-refractivity contribution in [3.8, 4) is 5.75 Å². The van der Waals surface area contributed by atoms with Gasteiger partial charge in [0.25, 0.3) is 0 Å². The Hall–Kier alpha value is -3.68. The van der Waals surface area contributed by atoms with Crippen molar-refractivity contribution in [2.45, 2.75) is 18.8 Å². The summed E-state index contributed by atoms with van der Waals surface area (Å²) in [7, 11) is 5.12. The molecule has 8 nitrogen and oxygen atoms in total. The zero-order valence-electron chi connectivity index (χ0n) is 19.6. The third-order valence-corrected chi connectivity index (χ3v) is 6.57. The molecule has 3 atom stereocenters. The van der Waals surface area contributed by atoms with E-state index < -0.39 is 41.1 Å². The highest BCUT2D eigenvalue weighted by Gasteiger charge is 2.66. The third kappa shape index (κ3) is 4.40. The summed E-state index contributed by atoms with van der Waals surface area (Å²) >= 11 is 0. The van der Waals surface area contributed by atoms with Gasteiger partial charge in [0.1, 0.15) is 5.75 Å². The van der Waals surface area contributed by atoms with E-state index in [0.717, 1.165) is 0 Å². The van der Waals surface area contributed by atoms with Crippen molar-refractivity contribution in [2.75, 3.05) is 28.4 Å². The molecule has 0 heterocycles. The number of methoxy groups -OCH3 is 4. The summed E-state index contributed by atoms with van der Waals surface area (Å²) in [6.07, 6.45) is -0.182. The van der Waals surface area contributed by atoms with Crippen LogP contribution in [0.1, 0.15) is 34.7 Å². The molecule has 0 aromatic heterocycles. The Morgan fingerprint density at radius 3 is 1.91 bits per heavy atom. The monoisotopic (exact) mass is 468 g/mol. The van der Waals surface area contributed by atoms with Crippen LogP contribution in [-0.2, 0) is 28.6 Å². The molecular formula is C26H28O8. The van der Waals surface area contributed by atoms with Gasteiger partial charge in [0.15, 0.2) is 11.2 Å². The first-order valence-electron chi connectivity index (χ1n) is 10.8. The van der Waals surface area contributed by atoms with Gasteiger partial charge in [-0.15, -0.1) is 0 Å². The number of ether oxygens (including phenoxy) is 4. The van der Waals surface area contributed by atoms with E-state index in [0.29, 0.717) is 16.9 Å². The molecule has 0 spiro atoms. The average molecular weight is 469 g/mol.